The van der Waals surface area contributed by atoms with Gasteiger partial charge in [-0.3, -0.25) is 9.69 Å². The van der Waals surface area contributed by atoms with Crippen molar-refractivity contribution in [3.8, 4) is 0 Å². The molecule has 2 rings (SSSR count). The molecule has 12 heteroatoms. The monoisotopic (exact) mass is 941 g/mol. The van der Waals surface area contributed by atoms with Crippen molar-refractivity contribution in [1.29, 1.82) is 0 Å². The van der Waals surface area contributed by atoms with Crippen LogP contribution in [-0.2, 0) is 42.7 Å². The zero-order chi connectivity index (χ0) is 48.0. The van der Waals surface area contributed by atoms with Crippen LogP contribution in [0.1, 0.15) is 221 Å². The first-order valence-corrected chi connectivity index (χ1v) is 27.7. The van der Waals surface area contributed by atoms with Crippen molar-refractivity contribution in [2.24, 2.45) is 11.8 Å². The average Bonchev–Trinajstić information content (AvgIpc) is 4.24. The molecule has 0 aliphatic carbocycles. The Morgan fingerprint density at radius 1 is 0.500 bits per heavy atom. The number of hydrogen-bond acceptors (Lipinski definition) is 12. The van der Waals surface area contributed by atoms with E-state index in [0.717, 1.165) is 90.3 Å². The van der Waals surface area contributed by atoms with E-state index in [4.69, 9.17) is 37.9 Å². The third-order valence-corrected chi connectivity index (χ3v) is 13.2. The Balaban J connectivity index is 1.70. The number of likely N-dealkylation sites (N-methyl/N-ethyl adjacent to an activating group) is 1. The first kappa shape index (κ1) is 60.6. The molecule has 2 saturated heterocycles. The second-order valence-corrected chi connectivity index (χ2v) is 19.9. The maximum atomic E-state index is 12.9. The zero-order valence-corrected chi connectivity index (χ0v) is 44.1. The predicted octanol–water partition coefficient (Wildman–Crippen LogP) is 13.0. The Morgan fingerprint density at radius 3 is 1.64 bits per heavy atom. The van der Waals surface area contributed by atoms with Crippen LogP contribution in [0.2, 0.25) is 0 Å². The van der Waals surface area contributed by atoms with Crippen molar-refractivity contribution < 1.29 is 47.5 Å². The van der Waals surface area contributed by atoms with E-state index in [1.165, 1.54) is 89.9 Å². The van der Waals surface area contributed by atoms with Crippen LogP contribution in [0.5, 0.6) is 0 Å². The van der Waals surface area contributed by atoms with E-state index in [1.807, 2.05) is 0 Å². The average molecular weight is 941 g/mol. The highest BCUT2D eigenvalue weighted by atomic mass is 16.9. The fraction of sp³-hybridized carbons (Fsp3) is 0.963. The molecule has 0 spiro atoms. The van der Waals surface area contributed by atoms with Crippen LogP contribution in [0.25, 0.3) is 0 Å². The number of carbonyl (C=O) groups is 2. The van der Waals surface area contributed by atoms with Gasteiger partial charge in [0.1, 0.15) is 18.8 Å². The van der Waals surface area contributed by atoms with Gasteiger partial charge in [-0.15, -0.1) is 0 Å². The summed E-state index contributed by atoms with van der Waals surface area (Å²) < 4.78 is 47.7. The molecule has 6 unspecified atom stereocenters. The molecule has 12 nitrogen and oxygen atoms in total. The van der Waals surface area contributed by atoms with Gasteiger partial charge in [0.15, 0.2) is 6.29 Å². The van der Waals surface area contributed by atoms with E-state index < -0.39 is 6.16 Å². The zero-order valence-electron chi connectivity index (χ0n) is 44.1. The summed E-state index contributed by atoms with van der Waals surface area (Å²) in [6.07, 6.45) is 29.0. The van der Waals surface area contributed by atoms with E-state index in [9.17, 15) is 9.59 Å². The highest BCUT2D eigenvalue weighted by molar-refractivity contribution is 5.69. The molecule has 66 heavy (non-hydrogen) atoms. The Kier molecular flexibility index (Phi) is 36.9. The van der Waals surface area contributed by atoms with E-state index >= 15 is 0 Å². The summed E-state index contributed by atoms with van der Waals surface area (Å²) in [6, 6.07) is 0. The quantitative estimate of drug-likeness (QED) is 0.0328. The lowest BCUT2D eigenvalue weighted by atomic mass is 9.96. The molecule has 0 N–H and O–H groups in total. The van der Waals surface area contributed by atoms with Gasteiger partial charge in [0.25, 0.3) is 0 Å². The lowest BCUT2D eigenvalue weighted by Crippen LogP contribution is -2.37. The van der Waals surface area contributed by atoms with Crippen molar-refractivity contribution in [3.63, 3.8) is 0 Å². The van der Waals surface area contributed by atoms with E-state index in [-0.39, 0.29) is 49.8 Å². The molecule has 390 valence electrons. The van der Waals surface area contributed by atoms with Crippen molar-refractivity contribution in [1.82, 2.24) is 9.80 Å². The molecule has 0 amide bonds. The summed E-state index contributed by atoms with van der Waals surface area (Å²) in [5.74, 6) is 0.947. The summed E-state index contributed by atoms with van der Waals surface area (Å²) in [5, 5.41) is 0. The third-order valence-electron chi connectivity index (χ3n) is 13.2. The van der Waals surface area contributed by atoms with Gasteiger partial charge in [-0.2, -0.15) is 0 Å². The molecule has 0 aromatic rings. The maximum Gasteiger partial charge on any atom is 0.508 e. The SMILES string of the molecule is CCCCCC(CCCCC)COC(=O)CCCC(CCCC)OC(=O)OCCN(CCOC1OC1OC(CCCC)CCCC1OC1OCC(CCCCC)CCCCC)CCN(C)C. The first-order chi connectivity index (χ1) is 32.1. The number of epoxide rings is 2. The smallest absolute Gasteiger partial charge is 0.465 e. The summed E-state index contributed by atoms with van der Waals surface area (Å²) >= 11 is 0. The molecule has 0 aromatic carbocycles. The molecule has 2 fully saturated rings. The maximum absolute atomic E-state index is 12.9. The van der Waals surface area contributed by atoms with Crippen LogP contribution < -0.4 is 0 Å². The molecule has 2 aliphatic heterocycles. The van der Waals surface area contributed by atoms with Crippen molar-refractivity contribution in [2.75, 3.05) is 66.7 Å². The van der Waals surface area contributed by atoms with Crippen LogP contribution in [0.4, 0.5) is 4.79 Å². The van der Waals surface area contributed by atoms with Crippen LogP contribution >= 0.6 is 0 Å². The minimum absolute atomic E-state index is 0.0343. The van der Waals surface area contributed by atoms with Gasteiger partial charge in [-0.25, -0.2) is 4.79 Å². The molecule has 0 saturated carbocycles. The van der Waals surface area contributed by atoms with Gasteiger partial charge in [0.2, 0.25) is 12.6 Å². The van der Waals surface area contributed by atoms with Crippen molar-refractivity contribution in [2.45, 2.75) is 259 Å². The number of esters is 1. The number of ether oxygens (including phenoxy) is 8. The summed E-state index contributed by atoms with van der Waals surface area (Å²) in [4.78, 5) is 29.9. The fourth-order valence-corrected chi connectivity index (χ4v) is 8.67. The highest BCUT2D eigenvalue weighted by Crippen LogP contribution is 2.33. The molecule has 0 bridgehead atoms. The van der Waals surface area contributed by atoms with Gasteiger partial charge in [-0.1, -0.05) is 144 Å². The molecule has 0 aromatic heterocycles. The number of carbonyl (C=O) groups excluding carboxylic acids is 2. The van der Waals surface area contributed by atoms with Gasteiger partial charge in [-0.05, 0) is 96.6 Å². The van der Waals surface area contributed by atoms with Crippen molar-refractivity contribution in [3.05, 3.63) is 0 Å². The minimum Gasteiger partial charge on any atom is -0.465 e. The largest absolute Gasteiger partial charge is 0.508 e. The van der Waals surface area contributed by atoms with E-state index in [1.54, 1.807) is 0 Å². The number of hydrogen-bond donors (Lipinski definition) is 0. The number of nitrogens with zero attached hydrogens (tertiary/aromatic N) is 2. The van der Waals surface area contributed by atoms with Crippen LogP contribution in [-0.4, -0.2) is 126 Å². The summed E-state index contributed by atoms with van der Waals surface area (Å²) in [6.45, 7) is 18.3. The Hall–Kier alpha value is -1.54. The molecule has 6 atom stereocenters. The Labute approximate surface area is 405 Å². The van der Waals surface area contributed by atoms with Gasteiger partial charge >= 0.3 is 12.1 Å². The molecule has 2 heterocycles. The van der Waals surface area contributed by atoms with Gasteiger partial charge in [0, 0.05) is 32.6 Å². The van der Waals surface area contributed by atoms with Crippen molar-refractivity contribution >= 4 is 12.1 Å². The molecular weight excluding hydrogens is 837 g/mol. The lowest BCUT2D eigenvalue weighted by molar-refractivity contribution is -0.145. The van der Waals surface area contributed by atoms with Crippen LogP contribution in [0, 0.1) is 11.8 Å². The predicted molar refractivity (Wildman–Crippen MR) is 267 cm³/mol. The van der Waals surface area contributed by atoms with E-state index in [0.29, 0.717) is 57.4 Å². The molecule has 0 radical (unpaired) electrons. The lowest BCUT2D eigenvalue weighted by Gasteiger charge is -2.24. The highest BCUT2D eigenvalue weighted by Gasteiger charge is 2.44. The Bertz CT molecular complexity index is 1130. The summed E-state index contributed by atoms with van der Waals surface area (Å²) in [7, 11) is 4.11. The molecule has 2 aliphatic rings. The van der Waals surface area contributed by atoms with E-state index in [2.05, 4.69) is 65.4 Å². The van der Waals surface area contributed by atoms with Gasteiger partial charge < -0.3 is 42.8 Å². The third kappa shape index (κ3) is 32.3. The minimum atomic E-state index is -0.647. The second-order valence-electron chi connectivity index (χ2n) is 19.9. The number of rotatable bonds is 48. The first-order valence-electron chi connectivity index (χ1n) is 27.7. The van der Waals surface area contributed by atoms with Crippen LogP contribution in [0.15, 0.2) is 0 Å². The normalized spacial score (nSPS) is 19.0. The fourth-order valence-electron chi connectivity index (χ4n) is 8.67. The van der Waals surface area contributed by atoms with Gasteiger partial charge in [0.05, 0.1) is 25.9 Å². The Morgan fingerprint density at radius 2 is 1.05 bits per heavy atom. The second kappa shape index (κ2) is 40.2. The van der Waals surface area contributed by atoms with Crippen LogP contribution in [0.3, 0.4) is 0 Å². The summed E-state index contributed by atoms with van der Waals surface area (Å²) in [5.41, 5.74) is 0. The topological polar surface area (TPSA) is 121 Å². The molecular formula is C54H104N2O10. The standard InChI is InChI=1S/C54H104N2O10/c1-9-15-21-27-45(28-22-16-10-2)43-61-50(57)36-26-34-48(32-20-14-6)64-54(58)60-42-40-56(38-37-55(7)8)39-41-59-52-53(66-52)63-47(31-19-13-5)33-25-35-49-51(65-49)62-44-46(29-23-17-11-3)30-24-18-12-4/h45-49,51-53H,9-44H2,1-8H3. The number of unbranched alkanes of at least 4 members (excludes halogenated alkanes) is 10.